The SMILES string of the molecule is O=C(COc1ccc(Cl)cc1)Nc1ccc(NCCc2ccccc2)cc1. The lowest BCUT2D eigenvalue weighted by molar-refractivity contribution is -0.118. The number of ether oxygens (including phenoxy) is 1. The van der Waals surface area contributed by atoms with Gasteiger partial charge >= 0.3 is 0 Å². The van der Waals surface area contributed by atoms with Crippen molar-refractivity contribution in [2.24, 2.45) is 0 Å². The summed E-state index contributed by atoms with van der Waals surface area (Å²) in [5.74, 6) is 0.391. The first-order chi connectivity index (χ1) is 13.2. The van der Waals surface area contributed by atoms with E-state index in [0.29, 0.717) is 10.8 Å². The van der Waals surface area contributed by atoms with Gasteiger partial charge in [-0.05, 0) is 60.5 Å². The molecular weight excluding hydrogens is 360 g/mol. The summed E-state index contributed by atoms with van der Waals surface area (Å²) in [6, 6.07) is 24.9. The fraction of sp³-hybridized carbons (Fsp3) is 0.136. The molecule has 0 radical (unpaired) electrons. The Labute approximate surface area is 164 Å². The Morgan fingerprint density at radius 3 is 2.22 bits per heavy atom. The highest BCUT2D eigenvalue weighted by Crippen LogP contribution is 2.16. The summed E-state index contributed by atoms with van der Waals surface area (Å²) in [4.78, 5) is 12.0. The van der Waals surface area contributed by atoms with Crippen molar-refractivity contribution in [1.29, 1.82) is 0 Å². The second-order valence-electron chi connectivity index (χ2n) is 6.03. The number of anilines is 2. The highest BCUT2D eigenvalue weighted by atomic mass is 35.5. The summed E-state index contributed by atoms with van der Waals surface area (Å²) in [7, 11) is 0. The summed E-state index contributed by atoms with van der Waals surface area (Å²) in [5.41, 5.74) is 3.05. The van der Waals surface area contributed by atoms with Crippen LogP contribution in [-0.2, 0) is 11.2 Å². The van der Waals surface area contributed by atoms with Gasteiger partial charge in [0.25, 0.3) is 5.91 Å². The van der Waals surface area contributed by atoms with E-state index in [4.69, 9.17) is 16.3 Å². The number of amides is 1. The zero-order chi connectivity index (χ0) is 18.9. The Morgan fingerprint density at radius 2 is 1.52 bits per heavy atom. The average Bonchev–Trinajstić information content (AvgIpc) is 2.70. The first kappa shape index (κ1) is 18.8. The van der Waals surface area contributed by atoms with Crippen molar-refractivity contribution in [1.82, 2.24) is 0 Å². The van der Waals surface area contributed by atoms with E-state index in [9.17, 15) is 4.79 Å². The Kier molecular flexibility index (Phi) is 6.72. The third-order valence-corrected chi connectivity index (χ3v) is 4.19. The molecule has 27 heavy (non-hydrogen) atoms. The Balaban J connectivity index is 1.41. The summed E-state index contributed by atoms with van der Waals surface area (Å²) in [6.45, 7) is 0.795. The second kappa shape index (κ2) is 9.64. The molecule has 4 nitrogen and oxygen atoms in total. The van der Waals surface area contributed by atoms with E-state index in [-0.39, 0.29) is 12.5 Å². The smallest absolute Gasteiger partial charge is 0.262 e. The van der Waals surface area contributed by atoms with Gasteiger partial charge < -0.3 is 15.4 Å². The van der Waals surface area contributed by atoms with Crippen molar-refractivity contribution >= 4 is 28.9 Å². The van der Waals surface area contributed by atoms with E-state index in [1.54, 1.807) is 24.3 Å². The lowest BCUT2D eigenvalue weighted by Crippen LogP contribution is -2.20. The molecule has 0 heterocycles. The maximum Gasteiger partial charge on any atom is 0.262 e. The van der Waals surface area contributed by atoms with Crippen molar-refractivity contribution in [3.8, 4) is 5.75 Å². The van der Waals surface area contributed by atoms with Crippen LogP contribution in [0.15, 0.2) is 78.9 Å². The third-order valence-electron chi connectivity index (χ3n) is 3.94. The molecule has 0 atom stereocenters. The van der Waals surface area contributed by atoms with E-state index < -0.39 is 0 Å². The number of hydrogen-bond donors (Lipinski definition) is 2. The molecule has 0 spiro atoms. The lowest BCUT2D eigenvalue weighted by Gasteiger charge is -2.10. The number of carbonyl (C=O) groups excluding carboxylic acids is 1. The molecule has 3 rings (SSSR count). The first-order valence-corrected chi connectivity index (χ1v) is 9.13. The quantitative estimate of drug-likeness (QED) is 0.577. The highest BCUT2D eigenvalue weighted by molar-refractivity contribution is 6.30. The highest BCUT2D eigenvalue weighted by Gasteiger charge is 2.04. The average molecular weight is 381 g/mol. The van der Waals surface area contributed by atoms with Gasteiger partial charge in [-0.15, -0.1) is 0 Å². The van der Waals surface area contributed by atoms with Gasteiger partial charge in [0.15, 0.2) is 6.61 Å². The fourth-order valence-electron chi connectivity index (χ4n) is 2.54. The standard InChI is InChI=1S/C22H21ClN2O2/c23-18-6-12-21(13-7-18)27-16-22(26)25-20-10-8-19(9-11-20)24-15-14-17-4-2-1-3-5-17/h1-13,24H,14-16H2,(H,25,26). The van der Waals surface area contributed by atoms with Crippen molar-refractivity contribution in [3.05, 3.63) is 89.4 Å². The maximum atomic E-state index is 12.0. The molecule has 0 aliphatic carbocycles. The van der Waals surface area contributed by atoms with E-state index in [2.05, 4.69) is 22.8 Å². The maximum absolute atomic E-state index is 12.0. The fourth-order valence-corrected chi connectivity index (χ4v) is 2.67. The van der Waals surface area contributed by atoms with Crippen LogP contribution >= 0.6 is 11.6 Å². The molecule has 0 saturated carbocycles. The van der Waals surface area contributed by atoms with Crippen LogP contribution in [0.3, 0.4) is 0 Å². The molecule has 0 aliphatic heterocycles. The summed E-state index contributed by atoms with van der Waals surface area (Å²) in [5, 5.41) is 6.82. The monoisotopic (exact) mass is 380 g/mol. The van der Waals surface area contributed by atoms with Gasteiger partial charge in [0, 0.05) is 22.9 Å². The number of carbonyl (C=O) groups is 1. The molecule has 2 N–H and O–H groups in total. The van der Waals surface area contributed by atoms with E-state index in [1.807, 2.05) is 42.5 Å². The largest absolute Gasteiger partial charge is 0.484 e. The van der Waals surface area contributed by atoms with Gasteiger partial charge in [-0.1, -0.05) is 41.9 Å². The van der Waals surface area contributed by atoms with E-state index in [1.165, 1.54) is 5.56 Å². The minimum atomic E-state index is -0.213. The molecule has 5 heteroatoms. The van der Waals surface area contributed by atoms with E-state index in [0.717, 1.165) is 24.3 Å². The molecule has 3 aromatic rings. The summed E-state index contributed by atoms with van der Waals surface area (Å²) >= 11 is 5.82. The van der Waals surface area contributed by atoms with Gasteiger partial charge in [-0.3, -0.25) is 4.79 Å². The first-order valence-electron chi connectivity index (χ1n) is 8.75. The van der Waals surface area contributed by atoms with Crippen LogP contribution in [0.1, 0.15) is 5.56 Å². The van der Waals surface area contributed by atoms with E-state index >= 15 is 0 Å². The molecule has 138 valence electrons. The Bertz CT molecular complexity index is 850. The molecule has 0 aromatic heterocycles. The van der Waals surface area contributed by atoms with Crippen LogP contribution in [0.4, 0.5) is 11.4 Å². The molecule has 0 saturated heterocycles. The third kappa shape index (κ3) is 6.35. The van der Waals surface area contributed by atoms with Crippen LogP contribution in [0.2, 0.25) is 5.02 Å². The van der Waals surface area contributed by atoms with Crippen LogP contribution in [0.5, 0.6) is 5.75 Å². The minimum Gasteiger partial charge on any atom is -0.484 e. The summed E-state index contributed by atoms with van der Waals surface area (Å²) in [6.07, 6.45) is 0.960. The van der Waals surface area contributed by atoms with Gasteiger partial charge in [-0.25, -0.2) is 0 Å². The molecule has 0 bridgehead atoms. The zero-order valence-corrected chi connectivity index (χ0v) is 15.6. The van der Waals surface area contributed by atoms with Crippen molar-refractivity contribution < 1.29 is 9.53 Å². The van der Waals surface area contributed by atoms with Gasteiger partial charge in [0.1, 0.15) is 5.75 Å². The van der Waals surface area contributed by atoms with Crippen LogP contribution in [0.25, 0.3) is 0 Å². The minimum absolute atomic E-state index is 0.0568. The molecule has 0 unspecified atom stereocenters. The molecule has 0 aliphatic rings. The Morgan fingerprint density at radius 1 is 0.852 bits per heavy atom. The predicted octanol–water partition coefficient (Wildman–Crippen LogP) is 5.01. The number of rotatable bonds is 8. The van der Waals surface area contributed by atoms with Crippen LogP contribution in [-0.4, -0.2) is 19.1 Å². The normalized spacial score (nSPS) is 10.3. The molecule has 1 amide bonds. The van der Waals surface area contributed by atoms with Crippen molar-refractivity contribution in [3.63, 3.8) is 0 Å². The Hall–Kier alpha value is -2.98. The summed E-state index contributed by atoms with van der Waals surface area (Å²) < 4.78 is 5.43. The van der Waals surface area contributed by atoms with Crippen molar-refractivity contribution in [2.75, 3.05) is 23.8 Å². The lowest BCUT2D eigenvalue weighted by atomic mass is 10.1. The second-order valence-corrected chi connectivity index (χ2v) is 6.47. The van der Waals surface area contributed by atoms with Gasteiger partial charge in [0.05, 0.1) is 0 Å². The van der Waals surface area contributed by atoms with Gasteiger partial charge in [-0.2, -0.15) is 0 Å². The topological polar surface area (TPSA) is 50.4 Å². The number of hydrogen-bond acceptors (Lipinski definition) is 3. The number of nitrogens with one attached hydrogen (secondary N) is 2. The zero-order valence-electron chi connectivity index (χ0n) is 14.8. The number of benzene rings is 3. The predicted molar refractivity (Wildman–Crippen MR) is 111 cm³/mol. The van der Waals surface area contributed by atoms with Crippen molar-refractivity contribution in [2.45, 2.75) is 6.42 Å². The molecule has 0 fully saturated rings. The van der Waals surface area contributed by atoms with Crippen LogP contribution in [0, 0.1) is 0 Å². The molecule has 3 aromatic carbocycles. The van der Waals surface area contributed by atoms with Gasteiger partial charge in [0.2, 0.25) is 0 Å². The number of halogens is 1. The molecular formula is C22H21ClN2O2. The van der Waals surface area contributed by atoms with Crippen LogP contribution < -0.4 is 15.4 Å².